The maximum atomic E-state index is 13.4. The van der Waals surface area contributed by atoms with Crippen molar-refractivity contribution in [2.45, 2.75) is 44.2 Å². The Morgan fingerprint density at radius 2 is 1.78 bits per heavy atom. The van der Waals surface area contributed by atoms with Crippen molar-refractivity contribution >= 4 is 11.9 Å². The lowest BCUT2D eigenvalue weighted by Gasteiger charge is -2.46. The molecule has 0 saturated carbocycles. The minimum Gasteiger partial charge on any atom is -0.447 e. The van der Waals surface area contributed by atoms with Gasteiger partial charge in [-0.2, -0.15) is 0 Å². The minimum absolute atomic E-state index is 0.0607. The number of amides is 1. The number of nitrogens with zero attached hydrogens (tertiary/aromatic N) is 6. The summed E-state index contributed by atoms with van der Waals surface area (Å²) in [6.07, 6.45) is 13.4. The van der Waals surface area contributed by atoms with Crippen LogP contribution >= 0.6 is 0 Å². The first-order valence-corrected chi connectivity index (χ1v) is 11.4. The maximum absolute atomic E-state index is 13.4. The van der Waals surface area contributed by atoms with E-state index < -0.39 is 0 Å². The predicted molar refractivity (Wildman–Crippen MR) is 123 cm³/mol. The largest absolute Gasteiger partial charge is 0.447 e. The van der Waals surface area contributed by atoms with E-state index in [0.717, 1.165) is 70.8 Å². The van der Waals surface area contributed by atoms with Crippen molar-refractivity contribution in [1.29, 1.82) is 0 Å². The molecule has 8 nitrogen and oxygen atoms in total. The number of hydrogen-bond donors (Lipinski definition) is 0. The third-order valence-corrected chi connectivity index (χ3v) is 6.48. The van der Waals surface area contributed by atoms with Crippen LogP contribution < -0.4 is 4.90 Å². The molecule has 0 bridgehead atoms. The van der Waals surface area contributed by atoms with Crippen LogP contribution in [0.3, 0.4) is 0 Å². The molecule has 8 heteroatoms. The number of likely N-dealkylation sites (tertiary alicyclic amines) is 1. The van der Waals surface area contributed by atoms with Gasteiger partial charge in [-0.25, -0.2) is 15.0 Å². The summed E-state index contributed by atoms with van der Waals surface area (Å²) in [5.74, 6) is 1.28. The average molecular weight is 437 g/mol. The quantitative estimate of drug-likeness (QED) is 0.588. The van der Waals surface area contributed by atoms with Gasteiger partial charge in [0.2, 0.25) is 11.8 Å². The molecule has 0 atom stereocenters. The highest BCUT2D eigenvalue weighted by atomic mass is 16.3. The van der Waals surface area contributed by atoms with Crippen molar-refractivity contribution in [2.75, 3.05) is 37.6 Å². The van der Waals surface area contributed by atoms with Crippen molar-refractivity contribution in [3.8, 4) is 0 Å². The number of hydrogen-bond acceptors (Lipinski definition) is 7. The first-order valence-electron chi connectivity index (χ1n) is 11.4. The predicted octanol–water partition coefficient (Wildman–Crippen LogP) is 3.30. The number of anilines is 1. The molecule has 170 valence electrons. The summed E-state index contributed by atoms with van der Waals surface area (Å²) in [6, 6.07) is 1.82. The normalized spacial score (nSPS) is 19.0. The van der Waals surface area contributed by atoms with Gasteiger partial charge in [-0.3, -0.25) is 9.69 Å². The van der Waals surface area contributed by atoms with Crippen LogP contribution in [0.15, 0.2) is 54.5 Å². The summed E-state index contributed by atoms with van der Waals surface area (Å²) in [5.41, 5.74) is 0.129. The molecule has 2 aromatic rings. The monoisotopic (exact) mass is 436 g/mol. The van der Waals surface area contributed by atoms with E-state index in [1.807, 2.05) is 23.1 Å². The van der Waals surface area contributed by atoms with Gasteiger partial charge in [0.1, 0.15) is 6.26 Å². The zero-order valence-corrected chi connectivity index (χ0v) is 18.7. The van der Waals surface area contributed by atoms with Crippen LogP contribution in [0.4, 0.5) is 5.95 Å². The lowest BCUT2D eigenvalue weighted by molar-refractivity contribution is 0.0324. The van der Waals surface area contributed by atoms with Crippen molar-refractivity contribution in [3.05, 3.63) is 61.6 Å². The van der Waals surface area contributed by atoms with E-state index in [1.165, 1.54) is 6.26 Å². The van der Waals surface area contributed by atoms with Crippen LogP contribution in [0.5, 0.6) is 0 Å². The SMILES string of the molecule is C=CCC1(CC=C)CCCCN1C(=O)c1coc(CN2CCN(c3ncccn3)CC2)n1. The molecule has 2 fully saturated rings. The van der Waals surface area contributed by atoms with Crippen LogP contribution in [0.1, 0.15) is 48.5 Å². The van der Waals surface area contributed by atoms with E-state index in [0.29, 0.717) is 18.1 Å². The maximum Gasteiger partial charge on any atom is 0.276 e. The Morgan fingerprint density at radius 1 is 1.06 bits per heavy atom. The average Bonchev–Trinajstić information content (AvgIpc) is 3.29. The van der Waals surface area contributed by atoms with E-state index in [9.17, 15) is 4.79 Å². The lowest BCUT2D eigenvalue weighted by Crippen LogP contribution is -2.54. The van der Waals surface area contributed by atoms with E-state index in [-0.39, 0.29) is 11.4 Å². The molecule has 2 aliphatic heterocycles. The number of carbonyl (C=O) groups excluding carboxylic acids is 1. The van der Waals surface area contributed by atoms with Gasteiger partial charge < -0.3 is 14.2 Å². The zero-order chi connectivity index (χ0) is 22.4. The Balaban J connectivity index is 1.38. The molecule has 0 radical (unpaired) electrons. The minimum atomic E-state index is -0.256. The first-order chi connectivity index (χ1) is 15.6. The number of piperazine rings is 1. The summed E-state index contributed by atoms with van der Waals surface area (Å²) >= 11 is 0. The molecular weight excluding hydrogens is 404 g/mol. The second-order valence-corrected chi connectivity index (χ2v) is 8.56. The van der Waals surface area contributed by atoms with Gasteiger partial charge in [0.25, 0.3) is 5.91 Å². The fourth-order valence-electron chi connectivity index (χ4n) is 4.83. The molecule has 0 spiro atoms. The molecule has 2 aliphatic rings. The second kappa shape index (κ2) is 10.1. The van der Waals surface area contributed by atoms with Crippen LogP contribution in [0.2, 0.25) is 0 Å². The summed E-state index contributed by atoms with van der Waals surface area (Å²) in [6.45, 7) is 12.6. The van der Waals surface area contributed by atoms with Crippen molar-refractivity contribution in [1.82, 2.24) is 24.8 Å². The summed E-state index contributed by atoms with van der Waals surface area (Å²) in [7, 11) is 0. The second-order valence-electron chi connectivity index (χ2n) is 8.56. The molecule has 0 aliphatic carbocycles. The number of piperidine rings is 1. The van der Waals surface area contributed by atoms with Gasteiger partial charge in [0.05, 0.1) is 12.1 Å². The van der Waals surface area contributed by atoms with E-state index in [1.54, 1.807) is 12.4 Å². The van der Waals surface area contributed by atoms with E-state index in [4.69, 9.17) is 4.42 Å². The molecule has 4 rings (SSSR count). The fraction of sp³-hybridized carbons (Fsp3) is 0.500. The van der Waals surface area contributed by atoms with Gasteiger partial charge in [0, 0.05) is 45.1 Å². The highest BCUT2D eigenvalue weighted by molar-refractivity contribution is 5.92. The standard InChI is InChI=1S/C24H32N6O2/c1-3-8-24(9-4-2)10-5-6-13-30(24)22(31)20-19-32-21(27-20)18-28-14-16-29(17-15-28)23-25-11-7-12-26-23/h3-4,7,11-12,19H,1-2,5-6,8-10,13-18H2. The molecule has 2 saturated heterocycles. The molecule has 4 heterocycles. The highest BCUT2D eigenvalue weighted by Crippen LogP contribution is 2.36. The molecular formula is C24H32N6O2. The van der Waals surface area contributed by atoms with Crippen LogP contribution in [-0.4, -0.2) is 68.9 Å². The molecule has 1 amide bonds. The number of carbonyl (C=O) groups is 1. The van der Waals surface area contributed by atoms with Crippen molar-refractivity contribution in [3.63, 3.8) is 0 Å². The molecule has 0 N–H and O–H groups in total. The van der Waals surface area contributed by atoms with Gasteiger partial charge in [-0.1, -0.05) is 12.2 Å². The van der Waals surface area contributed by atoms with Crippen LogP contribution in [0.25, 0.3) is 0 Å². The fourth-order valence-corrected chi connectivity index (χ4v) is 4.83. The molecule has 0 aromatic carbocycles. The highest BCUT2D eigenvalue weighted by Gasteiger charge is 2.40. The summed E-state index contributed by atoms with van der Waals surface area (Å²) < 4.78 is 5.70. The lowest BCUT2D eigenvalue weighted by atomic mass is 9.80. The zero-order valence-electron chi connectivity index (χ0n) is 18.7. The van der Waals surface area contributed by atoms with Crippen LogP contribution in [0, 0.1) is 0 Å². The Kier molecular flexibility index (Phi) is 6.99. The van der Waals surface area contributed by atoms with Crippen molar-refractivity contribution < 1.29 is 9.21 Å². The topological polar surface area (TPSA) is 78.6 Å². The third-order valence-electron chi connectivity index (χ3n) is 6.48. The van der Waals surface area contributed by atoms with E-state index in [2.05, 4.69) is 37.9 Å². The van der Waals surface area contributed by atoms with Gasteiger partial charge in [-0.05, 0) is 38.2 Å². The number of rotatable bonds is 8. The Morgan fingerprint density at radius 3 is 2.47 bits per heavy atom. The van der Waals surface area contributed by atoms with Crippen LogP contribution in [-0.2, 0) is 6.54 Å². The van der Waals surface area contributed by atoms with Gasteiger partial charge in [0.15, 0.2) is 5.69 Å². The molecule has 32 heavy (non-hydrogen) atoms. The number of aromatic nitrogens is 3. The Bertz CT molecular complexity index is 910. The first kappa shape index (κ1) is 22.2. The van der Waals surface area contributed by atoms with E-state index >= 15 is 0 Å². The summed E-state index contributed by atoms with van der Waals surface area (Å²) in [5, 5.41) is 0. The van der Waals surface area contributed by atoms with Gasteiger partial charge in [-0.15, -0.1) is 13.2 Å². The van der Waals surface area contributed by atoms with Gasteiger partial charge >= 0.3 is 0 Å². The van der Waals surface area contributed by atoms with Crippen molar-refractivity contribution in [2.24, 2.45) is 0 Å². The summed E-state index contributed by atoms with van der Waals surface area (Å²) in [4.78, 5) is 33.0. The smallest absolute Gasteiger partial charge is 0.276 e. The Labute approximate surface area is 189 Å². The molecule has 0 unspecified atom stereocenters. The third kappa shape index (κ3) is 4.75. The molecule has 2 aromatic heterocycles. The Hall–Kier alpha value is -3.00. The number of oxazole rings is 1.